The topological polar surface area (TPSA) is 79.5 Å². The van der Waals surface area contributed by atoms with Crippen LogP contribution in [0, 0.1) is 13.8 Å². The second kappa shape index (κ2) is 9.29. The molecule has 0 bridgehead atoms. The summed E-state index contributed by atoms with van der Waals surface area (Å²) in [6.45, 7) is 11.1. The van der Waals surface area contributed by atoms with Gasteiger partial charge in [-0.3, -0.25) is 4.79 Å². The number of H-pyrrole nitrogens is 1. The molecule has 4 rings (SSSR count). The fourth-order valence-corrected chi connectivity index (χ4v) is 6.03. The number of aryl methyl sites for hydroxylation is 2. The van der Waals surface area contributed by atoms with Crippen LogP contribution in [0.2, 0.25) is 0 Å². The zero-order valence-corrected chi connectivity index (χ0v) is 21.5. The molecular weight excluding hydrogens is 448 g/mol. The average Bonchev–Trinajstić information content (AvgIpc) is 3.27. The molecule has 1 aliphatic rings. The Bertz CT molecular complexity index is 1350. The van der Waals surface area contributed by atoms with Crippen LogP contribution < -0.4 is 5.56 Å². The lowest BCUT2D eigenvalue weighted by Crippen LogP contribution is -2.38. The SMILES string of the molecule is Cc1cc(C)c2[nH]c(=O)c(CN(C[C@H]3CCCO3)S(=O)(=O)c3ccc(C(C)(C)C)cc3)cc2c1. The first-order valence-corrected chi connectivity index (χ1v) is 13.2. The number of nitrogens with zero attached hydrogens (tertiary/aromatic N) is 1. The molecule has 0 unspecified atom stereocenters. The van der Waals surface area contributed by atoms with Gasteiger partial charge >= 0.3 is 0 Å². The number of ether oxygens (including phenoxy) is 1. The summed E-state index contributed by atoms with van der Waals surface area (Å²) in [4.78, 5) is 16.1. The van der Waals surface area contributed by atoms with E-state index in [0.29, 0.717) is 12.2 Å². The quantitative estimate of drug-likeness (QED) is 0.547. The van der Waals surface area contributed by atoms with Gasteiger partial charge in [0, 0.05) is 25.3 Å². The molecular formula is C27H34N2O4S. The number of sulfonamides is 1. The van der Waals surface area contributed by atoms with Crippen molar-refractivity contribution in [3.63, 3.8) is 0 Å². The molecule has 7 heteroatoms. The van der Waals surface area contributed by atoms with Crippen molar-refractivity contribution in [2.45, 2.75) is 70.4 Å². The van der Waals surface area contributed by atoms with E-state index in [2.05, 4.69) is 25.8 Å². The first-order valence-electron chi connectivity index (χ1n) is 11.8. The third-order valence-electron chi connectivity index (χ3n) is 6.51. The van der Waals surface area contributed by atoms with Crippen LogP contribution in [0.4, 0.5) is 0 Å². The average molecular weight is 483 g/mol. The van der Waals surface area contributed by atoms with E-state index in [1.807, 2.05) is 44.2 Å². The van der Waals surface area contributed by atoms with Crippen LogP contribution in [0.3, 0.4) is 0 Å². The van der Waals surface area contributed by atoms with Crippen LogP contribution >= 0.6 is 0 Å². The number of fused-ring (bicyclic) bond motifs is 1. The van der Waals surface area contributed by atoms with Crippen LogP contribution in [-0.4, -0.2) is 37.0 Å². The van der Waals surface area contributed by atoms with Gasteiger partial charge in [-0.2, -0.15) is 4.31 Å². The van der Waals surface area contributed by atoms with Gasteiger partial charge in [0.05, 0.1) is 16.5 Å². The van der Waals surface area contributed by atoms with Crippen LogP contribution in [0.25, 0.3) is 10.9 Å². The minimum atomic E-state index is -3.83. The van der Waals surface area contributed by atoms with E-state index in [4.69, 9.17) is 4.74 Å². The normalized spacial score (nSPS) is 17.1. The number of rotatable bonds is 6. The largest absolute Gasteiger partial charge is 0.377 e. The maximum atomic E-state index is 13.7. The Labute approximate surface area is 202 Å². The number of aromatic amines is 1. The van der Waals surface area contributed by atoms with Crippen molar-refractivity contribution in [3.05, 3.63) is 75.1 Å². The molecule has 0 spiro atoms. The molecule has 1 aromatic heterocycles. The highest BCUT2D eigenvalue weighted by Crippen LogP contribution is 2.27. The van der Waals surface area contributed by atoms with Gasteiger partial charge in [0.2, 0.25) is 10.0 Å². The summed E-state index contributed by atoms with van der Waals surface area (Å²) < 4.78 is 34.6. The third kappa shape index (κ3) is 5.11. The van der Waals surface area contributed by atoms with E-state index in [-0.39, 0.29) is 35.1 Å². The van der Waals surface area contributed by atoms with Gasteiger partial charge in [0.1, 0.15) is 0 Å². The molecule has 1 fully saturated rings. The lowest BCUT2D eigenvalue weighted by atomic mass is 9.87. The van der Waals surface area contributed by atoms with Gasteiger partial charge in [0.15, 0.2) is 0 Å². The fraction of sp³-hybridized carbons (Fsp3) is 0.444. The Morgan fingerprint density at radius 3 is 2.41 bits per heavy atom. The molecule has 0 amide bonds. The van der Waals surface area contributed by atoms with Gasteiger partial charge in [0.25, 0.3) is 5.56 Å². The van der Waals surface area contributed by atoms with E-state index >= 15 is 0 Å². The zero-order chi connectivity index (χ0) is 24.7. The number of benzene rings is 2. The Morgan fingerprint density at radius 1 is 1.09 bits per heavy atom. The molecule has 1 saturated heterocycles. The van der Waals surface area contributed by atoms with Crippen molar-refractivity contribution < 1.29 is 13.2 Å². The van der Waals surface area contributed by atoms with Crippen molar-refractivity contribution in [2.24, 2.45) is 0 Å². The van der Waals surface area contributed by atoms with Crippen molar-refractivity contribution in [1.29, 1.82) is 0 Å². The van der Waals surface area contributed by atoms with Gasteiger partial charge in [-0.15, -0.1) is 0 Å². The summed E-state index contributed by atoms with van der Waals surface area (Å²) >= 11 is 0. The fourth-order valence-electron chi connectivity index (χ4n) is 4.58. The molecule has 0 radical (unpaired) electrons. The summed E-state index contributed by atoms with van der Waals surface area (Å²) in [6, 6.07) is 12.9. The number of pyridine rings is 1. The molecule has 0 aliphatic carbocycles. The molecule has 2 aromatic carbocycles. The summed E-state index contributed by atoms with van der Waals surface area (Å²) in [5, 5.41) is 0.899. The molecule has 34 heavy (non-hydrogen) atoms. The Morgan fingerprint density at radius 2 is 1.79 bits per heavy atom. The summed E-state index contributed by atoms with van der Waals surface area (Å²) in [5.74, 6) is 0. The molecule has 0 saturated carbocycles. The Balaban J connectivity index is 1.73. The van der Waals surface area contributed by atoms with Crippen LogP contribution in [0.5, 0.6) is 0 Å². The molecule has 1 N–H and O–H groups in total. The molecule has 1 atom stereocenters. The zero-order valence-electron chi connectivity index (χ0n) is 20.6. The minimum absolute atomic E-state index is 0.0124. The highest BCUT2D eigenvalue weighted by molar-refractivity contribution is 7.89. The van der Waals surface area contributed by atoms with E-state index < -0.39 is 10.0 Å². The first-order chi connectivity index (χ1) is 15.9. The lowest BCUT2D eigenvalue weighted by molar-refractivity contribution is 0.0925. The Hall–Kier alpha value is -2.48. The highest BCUT2D eigenvalue weighted by Gasteiger charge is 2.30. The monoisotopic (exact) mass is 482 g/mol. The maximum Gasteiger partial charge on any atom is 0.252 e. The van der Waals surface area contributed by atoms with E-state index in [1.54, 1.807) is 12.1 Å². The number of hydrogen-bond donors (Lipinski definition) is 1. The van der Waals surface area contributed by atoms with E-state index in [9.17, 15) is 13.2 Å². The van der Waals surface area contributed by atoms with Gasteiger partial charge in [-0.1, -0.05) is 44.5 Å². The maximum absolute atomic E-state index is 13.7. The first kappa shape index (κ1) is 24.6. The van der Waals surface area contributed by atoms with Gasteiger partial charge < -0.3 is 9.72 Å². The second-order valence-corrected chi connectivity index (χ2v) is 12.3. The highest BCUT2D eigenvalue weighted by atomic mass is 32.2. The number of aromatic nitrogens is 1. The molecule has 2 heterocycles. The molecule has 3 aromatic rings. The summed E-state index contributed by atoms with van der Waals surface area (Å²) in [5.41, 5.74) is 4.00. The third-order valence-corrected chi connectivity index (χ3v) is 8.33. The summed E-state index contributed by atoms with van der Waals surface area (Å²) in [7, 11) is -3.83. The van der Waals surface area contributed by atoms with Crippen LogP contribution in [0.15, 0.2) is 52.2 Å². The van der Waals surface area contributed by atoms with Crippen LogP contribution in [0.1, 0.15) is 55.9 Å². The van der Waals surface area contributed by atoms with Crippen LogP contribution in [-0.2, 0) is 26.7 Å². The number of hydrogen-bond acceptors (Lipinski definition) is 4. The predicted molar refractivity (Wildman–Crippen MR) is 136 cm³/mol. The molecule has 6 nitrogen and oxygen atoms in total. The second-order valence-electron chi connectivity index (χ2n) is 10.4. The molecule has 1 aliphatic heterocycles. The predicted octanol–water partition coefficient (Wildman–Crippen LogP) is 4.81. The van der Waals surface area contributed by atoms with Crippen molar-refractivity contribution in [2.75, 3.05) is 13.2 Å². The van der Waals surface area contributed by atoms with Crippen molar-refractivity contribution in [1.82, 2.24) is 9.29 Å². The number of nitrogens with one attached hydrogen (secondary N) is 1. The Kier molecular flexibility index (Phi) is 6.73. The lowest BCUT2D eigenvalue weighted by Gasteiger charge is -2.25. The van der Waals surface area contributed by atoms with Crippen molar-refractivity contribution in [3.8, 4) is 0 Å². The standard InChI is InChI=1S/C27H34N2O4S/c1-18-13-19(2)25-20(14-18)15-21(26(30)28-25)16-29(17-23-7-6-12-33-23)34(31,32)24-10-8-22(9-11-24)27(3,4)5/h8-11,13-15,23H,6-7,12,16-17H2,1-5H3,(H,28,30)/t23-/m1/s1. The summed E-state index contributed by atoms with van der Waals surface area (Å²) in [6.07, 6.45) is 1.54. The smallest absolute Gasteiger partial charge is 0.252 e. The van der Waals surface area contributed by atoms with E-state index in [1.165, 1.54) is 4.31 Å². The van der Waals surface area contributed by atoms with Crippen molar-refractivity contribution >= 4 is 20.9 Å². The minimum Gasteiger partial charge on any atom is -0.377 e. The van der Waals surface area contributed by atoms with Gasteiger partial charge in [-0.25, -0.2) is 8.42 Å². The molecule has 182 valence electrons. The van der Waals surface area contributed by atoms with Gasteiger partial charge in [-0.05, 0) is 72.9 Å². The van der Waals surface area contributed by atoms with E-state index in [0.717, 1.165) is 40.4 Å².